The van der Waals surface area contributed by atoms with Crippen molar-refractivity contribution in [3.63, 3.8) is 0 Å². The highest BCUT2D eigenvalue weighted by molar-refractivity contribution is 5.82. The van der Waals surface area contributed by atoms with E-state index in [-0.39, 0.29) is 11.9 Å². The van der Waals surface area contributed by atoms with Crippen LogP contribution >= 0.6 is 0 Å². The van der Waals surface area contributed by atoms with E-state index in [1.807, 2.05) is 4.90 Å². The molecule has 1 saturated carbocycles. The second-order valence-corrected chi connectivity index (χ2v) is 5.70. The topological polar surface area (TPSA) is 55.6 Å². The highest BCUT2D eigenvalue weighted by atomic mass is 16.5. The van der Waals surface area contributed by atoms with E-state index in [4.69, 9.17) is 10.5 Å². The van der Waals surface area contributed by atoms with Crippen molar-refractivity contribution in [2.75, 3.05) is 26.3 Å². The summed E-state index contributed by atoms with van der Waals surface area (Å²) in [5.41, 5.74) is 6.17. The summed E-state index contributed by atoms with van der Waals surface area (Å²) in [7, 11) is 0. The van der Waals surface area contributed by atoms with Gasteiger partial charge in [-0.2, -0.15) is 0 Å². The lowest BCUT2D eigenvalue weighted by Gasteiger charge is -2.31. The molecule has 0 aromatic heterocycles. The van der Waals surface area contributed by atoms with Gasteiger partial charge in [0.2, 0.25) is 5.91 Å². The van der Waals surface area contributed by atoms with Crippen molar-refractivity contribution in [2.45, 2.75) is 45.1 Å². The zero-order valence-electron chi connectivity index (χ0n) is 11.4. The van der Waals surface area contributed by atoms with E-state index in [1.165, 1.54) is 12.8 Å². The van der Waals surface area contributed by atoms with Crippen LogP contribution in [0.5, 0.6) is 0 Å². The summed E-state index contributed by atoms with van der Waals surface area (Å²) in [6, 6.07) is -0.320. The molecule has 1 amide bonds. The number of carbonyl (C=O) groups is 1. The lowest BCUT2D eigenvalue weighted by Crippen LogP contribution is -2.49. The number of rotatable bonds is 6. The Hall–Kier alpha value is -0.610. The summed E-state index contributed by atoms with van der Waals surface area (Å²) in [6.07, 6.45) is 5.42. The number of carbonyl (C=O) groups excluding carboxylic acids is 1. The van der Waals surface area contributed by atoms with Crippen LogP contribution in [0.4, 0.5) is 0 Å². The molecule has 0 aromatic carbocycles. The summed E-state index contributed by atoms with van der Waals surface area (Å²) in [6.45, 7) is 5.40. The summed E-state index contributed by atoms with van der Waals surface area (Å²) >= 11 is 0. The first kappa shape index (κ1) is 13.8. The van der Waals surface area contributed by atoms with Gasteiger partial charge < -0.3 is 15.4 Å². The Balaban J connectivity index is 1.88. The first-order chi connectivity index (χ1) is 8.72. The Morgan fingerprint density at radius 2 is 2.00 bits per heavy atom. The minimum atomic E-state index is -0.320. The Morgan fingerprint density at radius 1 is 1.33 bits per heavy atom. The maximum Gasteiger partial charge on any atom is 0.239 e. The first-order valence-corrected chi connectivity index (χ1v) is 7.34. The van der Waals surface area contributed by atoms with E-state index in [9.17, 15) is 4.79 Å². The number of hydrogen-bond donors (Lipinski definition) is 1. The van der Waals surface area contributed by atoms with Gasteiger partial charge in [-0.1, -0.05) is 6.92 Å². The normalized spacial score (nSPS) is 22.8. The predicted molar refractivity (Wildman–Crippen MR) is 71.1 cm³/mol. The van der Waals surface area contributed by atoms with Crippen LogP contribution in [0.2, 0.25) is 0 Å². The second kappa shape index (κ2) is 6.53. The van der Waals surface area contributed by atoms with Gasteiger partial charge in [-0.25, -0.2) is 0 Å². The maximum atomic E-state index is 12.5. The molecule has 0 aromatic rings. The molecule has 4 nitrogen and oxygen atoms in total. The zero-order chi connectivity index (χ0) is 13.0. The monoisotopic (exact) mass is 254 g/mol. The van der Waals surface area contributed by atoms with Gasteiger partial charge in [-0.15, -0.1) is 0 Å². The van der Waals surface area contributed by atoms with Gasteiger partial charge in [0.05, 0.1) is 6.04 Å². The molecule has 2 aliphatic rings. The minimum Gasteiger partial charge on any atom is -0.381 e. The molecule has 1 unspecified atom stereocenters. The van der Waals surface area contributed by atoms with Crippen LogP contribution in [-0.4, -0.2) is 43.2 Å². The predicted octanol–water partition coefficient (Wildman–Crippen LogP) is 1.39. The van der Waals surface area contributed by atoms with Gasteiger partial charge in [-0.3, -0.25) is 4.79 Å². The van der Waals surface area contributed by atoms with Crippen LogP contribution < -0.4 is 5.73 Å². The minimum absolute atomic E-state index is 0.163. The SMILES string of the molecule is CCCN(CC1CC1)C(=O)C(N)C1CCOCC1. The standard InChI is InChI=1S/C14H26N2O2/c1-2-7-16(10-11-3-4-11)14(17)13(15)12-5-8-18-9-6-12/h11-13H,2-10,15H2,1H3. The van der Waals surface area contributed by atoms with E-state index in [1.54, 1.807) is 0 Å². The van der Waals surface area contributed by atoms with Crippen LogP contribution in [-0.2, 0) is 9.53 Å². The molecule has 2 fully saturated rings. The molecule has 4 heteroatoms. The molecule has 104 valence electrons. The third-order valence-corrected chi connectivity index (χ3v) is 4.04. The summed E-state index contributed by atoms with van der Waals surface area (Å²) < 4.78 is 5.33. The van der Waals surface area contributed by atoms with E-state index in [0.717, 1.165) is 51.5 Å². The van der Waals surface area contributed by atoms with Gasteiger partial charge in [0, 0.05) is 26.3 Å². The molecule has 18 heavy (non-hydrogen) atoms. The fourth-order valence-corrected chi connectivity index (χ4v) is 2.66. The third kappa shape index (κ3) is 3.69. The average Bonchev–Trinajstić information content (AvgIpc) is 3.21. The maximum absolute atomic E-state index is 12.5. The van der Waals surface area contributed by atoms with Crippen LogP contribution in [0.25, 0.3) is 0 Å². The van der Waals surface area contributed by atoms with Crippen molar-refractivity contribution >= 4 is 5.91 Å². The summed E-state index contributed by atoms with van der Waals surface area (Å²) in [5, 5.41) is 0. The molecule has 1 atom stereocenters. The van der Waals surface area contributed by atoms with Gasteiger partial charge in [0.15, 0.2) is 0 Å². The molecule has 2 rings (SSSR count). The second-order valence-electron chi connectivity index (χ2n) is 5.70. The van der Waals surface area contributed by atoms with E-state index in [2.05, 4.69) is 6.92 Å². The molecule has 0 spiro atoms. The van der Waals surface area contributed by atoms with Crippen molar-refractivity contribution in [3.8, 4) is 0 Å². The summed E-state index contributed by atoms with van der Waals surface area (Å²) in [5.74, 6) is 1.21. The van der Waals surface area contributed by atoms with Crippen molar-refractivity contribution in [3.05, 3.63) is 0 Å². The van der Waals surface area contributed by atoms with Gasteiger partial charge in [0.25, 0.3) is 0 Å². The Labute approximate surface area is 110 Å². The van der Waals surface area contributed by atoms with Crippen molar-refractivity contribution in [1.82, 2.24) is 4.90 Å². The van der Waals surface area contributed by atoms with E-state index in [0.29, 0.717) is 5.92 Å². The highest BCUT2D eigenvalue weighted by Gasteiger charge is 2.32. The molecule has 1 heterocycles. The number of ether oxygens (including phenoxy) is 1. The lowest BCUT2D eigenvalue weighted by atomic mass is 9.91. The average molecular weight is 254 g/mol. The molecule has 0 bridgehead atoms. The lowest BCUT2D eigenvalue weighted by molar-refractivity contribution is -0.135. The molecular formula is C14H26N2O2. The smallest absolute Gasteiger partial charge is 0.239 e. The quantitative estimate of drug-likeness (QED) is 0.779. The number of amides is 1. The Morgan fingerprint density at radius 3 is 2.56 bits per heavy atom. The molecule has 0 radical (unpaired) electrons. The highest BCUT2D eigenvalue weighted by Crippen LogP contribution is 2.30. The number of nitrogens with two attached hydrogens (primary N) is 1. The molecule has 1 saturated heterocycles. The summed E-state index contributed by atoms with van der Waals surface area (Å²) in [4.78, 5) is 14.5. The molecular weight excluding hydrogens is 228 g/mol. The van der Waals surface area contributed by atoms with Crippen molar-refractivity contribution < 1.29 is 9.53 Å². The van der Waals surface area contributed by atoms with Crippen molar-refractivity contribution in [1.29, 1.82) is 0 Å². The van der Waals surface area contributed by atoms with Gasteiger partial charge in [-0.05, 0) is 43.9 Å². The molecule has 2 N–H and O–H groups in total. The molecule has 1 aliphatic heterocycles. The fourth-order valence-electron chi connectivity index (χ4n) is 2.66. The molecule has 1 aliphatic carbocycles. The van der Waals surface area contributed by atoms with Crippen LogP contribution in [0.15, 0.2) is 0 Å². The Bertz CT molecular complexity index is 273. The van der Waals surface area contributed by atoms with Crippen LogP contribution in [0.1, 0.15) is 39.0 Å². The number of hydrogen-bond acceptors (Lipinski definition) is 3. The van der Waals surface area contributed by atoms with Crippen LogP contribution in [0.3, 0.4) is 0 Å². The van der Waals surface area contributed by atoms with Crippen molar-refractivity contribution in [2.24, 2.45) is 17.6 Å². The fraction of sp³-hybridized carbons (Fsp3) is 0.929. The Kier molecular flexibility index (Phi) is 5.01. The third-order valence-electron chi connectivity index (χ3n) is 4.04. The van der Waals surface area contributed by atoms with Gasteiger partial charge >= 0.3 is 0 Å². The number of nitrogens with zero attached hydrogens (tertiary/aromatic N) is 1. The largest absolute Gasteiger partial charge is 0.381 e. The van der Waals surface area contributed by atoms with E-state index < -0.39 is 0 Å². The van der Waals surface area contributed by atoms with E-state index >= 15 is 0 Å². The van der Waals surface area contributed by atoms with Gasteiger partial charge in [0.1, 0.15) is 0 Å². The zero-order valence-corrected chi connectivity index (χ0v) is 11.4. The first-order valence-electron chi connectivity index (χ1n) is 7.34. The van der Waals surface area contributed by atoms with Crippen LogP contribution in [0, 0.1) is 11.8 Å².